The van der Waals surface area contributed by atoms with Crippen molar-refractivity contribution >= 4 is 6.03 Å². The lowest BCUT2D eigenvalue weighted by Gasteiger charge is -2.30. The van der Waals surface area contributed by atoms with E-state index in [0.29, 0.717) is 6.54 Å². The van der Waals surface area contributed by atoms with E-state index in [2.05, 4.69) is 23.5 Å². The Balaban J connectivity index is 1.73. The van der Waals surface area contributed by atoms with Gasteiger partial charge in [-0.1, -0.05) is 18.2 Å². The SMILES string of the molecule is O=C(NCC1=CCCC=C1)N1CCC1. The fourth-order valence-corrected chi connectivity index (χ4v) is 1.61. The molecule has 0 aromatic carbocycles. The van der Waals surface area contributed by atoms with Gasteiger partial charge in [-0.3, -0.25) is 0 Å². The number of carbonyl (C=O) groups excluding carboxylic acids is 1. The minimum atomic E-state index is 0.0797. The molecule has 1 saturated heterocycles. The molecule has 76 valence electrons. The van der Waals surface area contributed by atoms with Gasteiger partial charge in [0.05, 0.1) is 0 Å². The third kappa shape index (κ3) is 2.16. The summed E-state index contributed by atoms with van der Waals surface area (Å²) in [5.74, 6) is 0. The number of hydrogen-bond donors (Lipinski definition) is 1. The van der Waals surface area contributed by atoms with Crippen LogP contribution in [0.15, 0.2) is 23.8 Å². The summed E-state index contributed by atoms with van der Waals surface area (Å²) >= 11 is 0. The van der Waals surface area contributed by atoms with Crippen LogP contribution in [0, 0.1) is 0 Å². The Kier molecular flexibility index (Phi) is 2.87. The number of urea groups is 1. The fraction of sp³-hybridized carbons (Fsp3) is 0.545. The lowest BCUT2D eigenvalue weighted by molar-refractivity contribution is 0.168. The van der Waals surface area contributed by atoms with Crippen LogP contribution >= 0.6 is 0 Å². The normalized spacial score (nSPS) is 20.0. The Hall–Kier alpha value is -1.25. The molecule has 1 aliphatic heterocycles. The second-order valence-corrected chi connectivity index (χ2v) is 3.76. The summed E-state index contributed by atoms with van der Waals surface area (Å²) in [4.78, 5) is 13.3. The smallest absolute Gasteiger partial charge is 0.317 e. The van der Waals surface area contributed by atoms with Crippen LogP contribution in [-0.2, 0) is 0 Å². The van der Waals surface area contributed by atoms with Gasteiger partial charge in [-0.2, -0.15) is 0 Å². The van der Waals surface area contributed by atoms with Crippen LogP contribution in [0.4, 0.5) is 4.79 Å². The Morgan fingerprint density at radius 1 is 1.43 bits per heavy atom. The first-order valence-corrected chi connectivity index (χ1v) is 5.24. The molecule has 0 saturated carbocycles. The van der Waals surface area contributed by atoms with Gasteiger partial charge < -0.3 is 10.2 Å². The molecule has 1 N–H and O–H groups in total. The number of allylic oxidation sites excluding steroid dienone is 2. The van der Waals surface area contributed by atoms with Gasteiger partial charge in [0.25, 0.3) is 0 Å². The highest BCUT2D eigenvalue weighted by Gasteiger charge is 2.19. The molecule has 0 atom stereocenters. The molecule has 3 nitrogen and oxygen atoms in total. The molecule has 0 unspecified atom stereocenters. The topological polar surface area (TPSA) is 32.3 Å². The zero-order valence-electron chi connectivity index (χ0n) is 8.33. The fourth-order valence-electron chi connectivity index (χ4n) is 1.61. The summed E-state index contributed by atoms with van der Waals surface area (Å²) < 4.78 is 0. The number of amides is 2. The number of hydrogen-bond acceptors (Lipinski definition) is 1. The van der Waals surface area contributed by atoms with Crippen LogP contribution in [0.25, 0.3) is 0 Å². The number of likely N-dealkylation sites (tertiary alicyclic amines) is 1. The molecule has 1 fully saturated rings. The van der Waals surface area contributed by atoms with Crippen LogP contribution in [0.5, 0.6) is 0 Å². The standard InChI is InChI=1S/C11H16N2O/c14-11(13-7-4-8-13)12-9-10-5-2-1-3-6-10/h2,5-6H,1,3-4,7-9H2,(H,12,14). The lowest BCUT2D eigenvalue weighted by Crippen LogP contribution is -2.48. The molecule has 0 aromatic heterocycles. The first-order chi connectivity index (χ1) is 6.86. The zero-order valence-corrected chi connectivity index (χ0v) is 8.33. The number of nitrogens with one attached hydrogen (secondary N) is 1. The average molecular weight is 192 g/mol. The molecule has 14 heavy (non-hydrogen) atoms. The van der Waals surface area contributed by atoms with E-state index >= 15 is 0 Å². The maximum absolute atomic E-state index is 11.4. The van der Waals surface area contributed by atoms with Gasteiger partial charge in [0, 0.05) is 19.6 Å². The Labute approximate surface area is 84.5 Å². The van der Waals surface area contributed by atoms with Crippen molar-refractivity contribution in [3.05, 3.63) is 23.8 Å². The third-order valence-corrected chi connectivity index (χ3v) is 2.66. The van der Waals surface area contributed by atoms with E-state index < -0.39 is 0 Å². The summed E-state index contributed by atoms with van der Waals surface area (Å²) in [6.07, 6.45) is 9.83. The lowest BCUT2D eigenvalue weighted by atomic mass is 10.1. The van der Waals surface area contributed by atoms with Crippen molar-refractivity contribution in [1.82, 2.24) is 10.2 Å². The van der Waals surface area contributed by atoms with Crippen molar-refractivity contribution in [3.8, 4) is 0 Å². The molecule has 2 amide bonds. The zero-order chi connectivity index (χ0) is 9.80. The van der Waals surface area contributed by atoms with Gasteiger partial charge in [0.1, 0.15) is 0 Å². The highest BCUT2D eigenvalue weighted by molar-refractivity contribution is 5.75. The quantitative estimate of drug-likeness (QED) is 0.709. The molecular weight excluding hydrogens is 176 g/mol. The van der Waals surface area contributed by atoms with E-state index in [1.807, 2.05) is 4.90 Å². The van der Waals surface area contributed by atoms with Crippen molar-refractivity contribution in [2.45, 2.75) is 19.3 Å². The Morgan fingerprint density at radius 2 is 2.29 bits per heavy atom. The van der Waals surface area contributed by atoms with Crippen LogP contribution in [0.3, 0.4) is 0 Å². The number of rotatable bonds is 2. The Bertz CT molecular complexity index is 277. The van der Waals surface area contributed by atoms with E-state index in [1.54, 1.807) is 0 Å². The number of carbonyl (C=O) groups is 1. The summed E-state index contributed by atoms with van der Waals surface area (Å²) in [5.41, 5.74) is 1.23. The minimum Gasteiger partial charge on any atom is -0.334 e. The Morgan fingerprint density at radius 3 is 2.86 bits per heavy atom. The van der Waals surface area contributed by atoms with Crippen molar-refractivity contribution in [3.63, 3.8) is 0 Å². The molecule has 1 aliphatic carbocycles. The van der Waals surface area contributed by atoms with Crippen molar-refractivity contribution < 1.29 is 4.79 Å². The molecule has 1 heterocycles. The monoisotopic (exact) mass is 192 g/mol. The molecule has 2 aliphatic rings. The molecule has 0 aromatic rings. The molecular formula is C11H16N2O. The van der Waals surface area contributed by atoms with E-state index in [9.17, 15) is 4.79 Å². The van der Waals surface area contributed by atoms with Gasteiger partial charge in [0.2, 0.25) is 0 Å². The maximum atomic E-state index is 11.4. The minimum absolute atomic E-state index is 0.0797. The molecule has 0 radical (unpaired) electrons. The van der Waals surface area contributed by atoms with E-state index in [-0.39, 0.29) is 6.03 Å². The van der Waals surface area contributed by atoms with Gasteiger partial charge >= 0.3 is 6.03 Å². The van der Waals surface area contributed by atoms with Crippen LogP contribution in [0.1, 0.15) is 19.3 Å². The van der Waals surface area contributed by atoms with Crippen LogP contribution < -0.4 is 5.32 Å². The van der Waals surface area contributed by atoms with E-state index in [4.69, 9.17) is 0 Å². The molecule has 0 spiro atoms. The van der Waals surface area contributed by atoms with Crippen molar-refractivity contribution in [1.29, 1.82) is 0 Å². The molecule has 2 rings (SSSR count). The predicted octanol–water partition coefficient (Wildman–Crippen LogP) is 1.68. The summed E-state index contributed by atoms with van der Waals surface area (Å²) in [7, 11) is 0. The summed E-state index contributed by atoms with van der Waals surface area (Å²) in [6.45, 7) is 2.51. The largest absolute Gasteiger partial charge is 0.334 e. The average Bonchev–Trinajstić information content (AvgIpc) is 2.14. The molecule has 0 bridgehead atoms. The highest BCUT2D eigenvalue weighted by Crippen LogP contribution is 2.09. The van der Waals surface area contributed by atoms with E-state index in [0.717, 1.165) is 32.4 Å². The number of nitrogens with zero attached hydrogens (tertiary/aromatic N) is 1. The first kappa shape index (κ1) is 9.31. The van der Waals surface area contributed by atoms with Crippen LogP contribution in [0.2, 0.25) is 0 Å². The molecule has 3 heteroatoms. The van der Waals surface area contributed by atoms with Gasteiger partial charge in [-0.15, -0.1) is 0 Å². The summed E-state index contributed by atoms with van der Waals surface area (Å²) in [5, 5.41) is 2.92. The van der Waals surface area contributed by atoms with Crippen LogP contribution in [-0.4, -0.2) is 30.6 Å². The van der Waals surface area contributed by atoms with Gasteiger partial charge in [-0.25, -0.2) is 4.79 Å². The second kappa shape index (κ2) is 4.31. The maximum Gasteiger partial charge on any atom is 0.317 e. The van der Waals surface area contributed by atoms with Gasteiger partial charge in [-0.05, 0) is 24.8 Å². The van der Waals surface area contributed by atoms with Crippen molar-refractivity contribution in [2.24, 2.45) is 0 Å². The van der Waals surface area contributed by atoms with E-state index in [1.165, 1.54) is 5.57 Å². The second-order valence-electron chi connectivity index (χ2n) is 3.76. The first-order valence-electron chi connectivity index (χ1n) is 5.24. The van der Waals surface area contributed by atoms with Crippen molar-refractivity contribution in [2.75, 3.05) is 19.6 Å². The van der Waals surface area contributed by atoms with Gasteiger partial charge in [0.15, 0.2) is 0 Å². The summed E-state index contributed by atoms with van der Waals surface area (Å²) in [6, 6.07) is 0.0797. The third-order valence-electron chi connectivity index (χ3n) is 2.66. The predicted molar refractivity (Wildman–Crippen MR) is 56.0 cm³/mol. The highest BCUT2D eigenvalue weighted by atomic mass is 16.2.